The lowest BCUT2D eigenvalue weighted by Crippen LogP contribution is -2.47. The molecule has 0 aromatic rings. The molecule has 0 amide bonds. The van der Waals surface area contributed by atoms with Gasteiger partial charge in [-0.25, -0.2) is 4.79 Å². The summed E-state index contributed by atoms with van der Waals surface area (Å²) in [7, 11) is 1.54. The summed E-state index contributed by atoms with van der Waals surface area (Å²) in [6.07, 6.45) is 1.32. The van der Waals surface area contributed by atoms with Gasteiger partial charge in [0.05, 0.1) is 17.3 Å². The molecule has 0 aliphatic carbocycles. The summed E-state index contributed by atoms with van der Waals surface area (Å²) in [4.78, 5) is 11.9. The van der Waals surface area contributed by atoms with E-state index in [2.05, 4.69) is 6.58 Å². The molecule has 1 N–H and O–H groups in total. The number of carbonyl (C=O) groups is 1. The number of aliphatic hydroxyl groups excluding tert-OH is 1. The first kappa shape index (κ1) is 17.7. The van der Waals surface area contributed by atoms with Gasteiger partial charge < -0.3 is 19.3 Å². The van der Waals surface area contributed by atoms with Crippen molar-refractivity contribution in [2.24, 2.45) is 5.92 Å². The van der Waals surface area contributed by atoms with E-state index in [9.17, 15) is 9.90 Å². The van der Waals surface area contributed by atoms with Gasteiger partial charge in [0.25, 0.3) is 0 Å². The Kier molecular flexibility index (Phi) is 5.23. The van der Waals surface area contributed by atoms with Gasteiger partial charge in [0, 0.05) is 26.9 Å². The molecule has 3 atom stereocenters. The number of aliphatic hydroxyl groups is 1. The summed E-state index contributed by atoms with van der Waals surface area (Å²) in [5.74, 6) is -1.44. The monoisotopic (exact) mass is 298 g/mol. The second-order valence-corrected chi connectivity index (χ2v) is 6.12. The van der Waals surface area contributed by atoms with Crippen LogP contribution < -0.4 is 0 Å². The van der Waals surface area contributed by atoms with Crippen LogP contribution in [0, 0.1) is 5.92 Å². The molecular weight excluding hydrogens is 272 g/mol. The molecule has 0 aromatic heterocycles. The highest BCUT2D eigenvalue weighted by molar-refractivity contribution is 5.89. The maximum absolute atomic E-state index is 11.9. The lowest BCUT2D eigenvalue weighted by molar-refractivity contribution is -0.215. The topological polar surface area (TPSA) is 65.0 Å². The molecular formula is C16H26O5. The minimum atomic E-state index is -1.04. The minimum Gasteiger partial charge on any atom is -0.456 e. The number of cyclic esters (lactones) is 1. The van der Waals surface area contributed by atoms with Crippen LogP contribution in [0.4, 0.5) is 0 Å². The van der Waals surface area contributed by atoms with Gasteiger partial charge in [-0.2, -0.15) is 0 Å². The molecule has 0 radical (unpaired) electrons. The van der Waals surface area contributed by atoms with Crippen molar-refractivity contribution in [2.75, 3.05) is 7.11 Å². The van der Waals surface area contributed by atoms with Crippen LogP contribution in [0.1, 0.15) is 41.0 Å². The molecule has 1 unspecified atom stereocenters. The summed E-state index contributed by atoms with van der Waals surface area (Å²) in [6, 6.07) is 0. The Hall–Kier alpha value is -1.33. The van der Waals surface area contributed by atoms with E-state index in [4.69, 9.17) is 14.2 Å². The Morgan fingerprint density at radius 2 is 2.05 bits per heavy atom. The zero-order valence-corrected chi connectivity index (χ0v) is 13.7. The molecule has 0 bridgehead atoms. The Bertz CT molecular complexity index is 452. The molecule has 5 nitrogen and oxygen atoms in total. The number of hydrogen-bond donors (Lipinski definition) is 1. The molecule has 1 aliphatic heterocycles. The first-order valence-electron chi connectivity index (χ1n) is 7.05. The van der Waals surface area contributed by atoms with E-state index in [1.165, 1.54) is 0 Å². The highest BCUT2D eigenvalue weighted by atomic mass is 16.7. The van der Waals surface area contributed by atoms with E-state index in [0.29, 0.717) is 17.8 Å². The van der Waals surface area contributed by atoms with Gasteiger partial charge in [-0.05, 0) is 20.3 Å². The van der Waals surface area contributed by atoms with Crippen molar-refractivity contribution in [3.63, 3.8) is 0 Å². The molecule has 0 saturated carbocycles. The highest BCUT2D eigenvalue weighted by Crippen LogP contribution is 2.36. The molecule has 1 rings (SSSR count). The average Bonchev–Trinajstić information content (AvgIpc) is 2.40. The van der Waals surface area contributed by atoms with Crippen LogP contribution in [0.25, 0.3) is 0 Å². The smallest absolute Gasteiger partial charge is 0.340 e. The molecule has 21 heavy (non-hydrogen) atoms. The van der Waals surface area contributed by atoms with Crippen molar-refractivity contribution in [3.8, 4) is 0 Å². The van der Waals surface area contributed by atoms with Gasteiger partial charge in [0.15, 0.2) is 0 Å². The van der Waals surface area contributed by atoms with Crippen molar-refractivity contribution in [2.45, 2.75) is 58.5 Å². The lowest BCUT2D eigenvalue weighted by atomic mass is 9.84. The standard InChI is InChI=1S/C16H26O5/c1-8-9-16(6,19-7)13(17)10(2)12-11(3)14(18)21-15(4,5)20-12/h8,10,13,17H,1,9H2,2-7H3/t10-,13+,16?/m0/s1. The molecule has 0 spiro atoms. The van der Waals surface area contributed by atoms with E-state index in [0.717, 1.165) is 0 Å². The van der Waals surface area contributed by atoms with E-state index < -0.39 is 29.4 Å². The first-order valence-corrected chi connectivity index (χ1v) is 7.05. The predicted molar refractivity (Wildman–Crippen MR) is 79.4 cm³/mol. The van der Waals surface area contributed by atoms with Crippen molar-refractivity contribution < 1.29 is 24.1 Å². The Labute approximate surface area is 126 Å². The fourth-order valence-electron chi connectivity index (χ4n) is 2.48. The van der Waals surface area contributed by atoms with Crippen molar-refractivity contribution in [1.29, 1.82) is 0 Å². The molecule has 5 heteroatoms. The summed E-state index contributed by atoms with van der Waals surface area (Å²) in [5, 5.41) is 10.7. The van der Waals surface area contributed by atoms with Crippen LogP contribution in [-0.2, 0) is 19.0 Å². The van der Waals surface area contributed by atoms with E-state index in [1.807, 2.05) is 0 Å². The Balaban J connectivity index is 3.11. The second-order valence-electron chi connectivity index (χ2n) is 6.12. The zero-order chi connectivity index (χ0) is 16.4. The van der Waals surface area contributed by atoms with E-state index in [-0.39, 0.29) is 0 Å². The fourth-order valence-corrected chi connectivity index (χ4v) is 2.48. The number of methoxy groups -OCH3 is 1. The SMILES string of the molecule is C=CCC(C)(OC)[C@H](O)[C@@H](C)C1=C(C)C(=O)OC(C)(C)O1. The van der Waals surface area contributed by atoms with Crippen LogP contribution in [0.15, 0.2) is 24.0 Å². The maximum Gasteiger partial charge on any atom is 0.340 e. The largest absolute Gasteiger partial charge is 0.456 e. The zero-order valence-electron chi connectivity index (χ0n) is 13.7. The molecule has 1 aliphatic rings. The Morgan fingerprint density at radius 1 is 1.48 bits per heavy atom. The van der Waals surface area contributed by atoms with Crippen molar-refractivity contribution in [1.82, 2.24) is 0 Å². The minimum absolute atomic E-state index is 0.373. The number of ether oxygens (including phenoxy) is 3. The van der Waals surface area contributed by atoms with Gasteiger partial charge in [0.2, 0.25) is 5.79 Å². The Morgan fingerprint density at radius 3 is 2.52 bits per heavy atom. The van der Waals surface area contributed by atoms with Crippen molar-refractivity contribution >= 4 is 5.97 Å². The highest BCUT2D eigenvalue weighted by Gasteiger charge is 2.42. The lowest BCUT2D eigenvalue weighted by Gasteiger charge is -2.40. The quantitative estimate of drug-likeness (QED) is 0.603. The molecule has 0 fully saturated rings. The second kappa shape index (κ2) is 6.20. The summed E-state index contributed by atoms with van der Waals surface area (Å²) in [5.41, 5.74) is -0.429. The van der Waals surface area contributed by atoms with Gasteiger partial charge >= 0.3 is 5.97 Å². The number of rotatable bonds is 6. The third-order valence-corrected chi connectivity index (χ3v) is 3.90. The van der Waals surface area contributed by atoms with Gasteiger partial charge in [0.1, 0.15) is 5.76 Å². The van der Waals surface area contributed by atoms with E-state index in [1.54, 1.807) is 47.8 Å². The van der Waals surface area contributed by atoms with Crippen LogP contribution in [0.3, 0.4) is 0 Å². The average molecular weight is 298 g/mol. The number of esters is 1. The maximum atomic E-state index is 11.9. The molecule has 120 valence electrons. The number of carbonyl (C=O) groups excluding carboxylic acids is 1. The fraction of sp³-hybridized carbons (Fsp3) is 0.688. The number of hydrogen-bond acceptors (Lipinski definition) is 5. The summed E-state index contributed by atoms with van der Waals surface area (Å²) >= 11 is 0. The molecule has 1 heterocycles. The molecule has 0 saturated heterocycles. The van der Waals surface area contributed by atoms with Gasteiger partial charge in [-0.15, -0.1) is 6.58 Å². The van der Waals surface area contributed by atoms with Gasteiger partial charge in [-0.3, -0.25) is 0 Å². The normalized spacial score (nSPS) is 23.7. The van der Waals surface area contributed by atoms with Gasteiger partial charge in [-0.1, -0.05) is 13.0 Å². The first-order chi connectivity index (χ1) is 9.58. The van der Waals surface area contributed by atoms with E-state index >= 15 is 0 Å². The third kappa shape index (κ3) is 3.66. The van der Waals surface area contributed by atoms with Crippen LogP contribution in [0.5, 0.6) is 0 Å². The van der Waals surface area contributed by atoms with Crippen LogP contribution >= 0.6 is 0 Å². The van der Waals surface area contributed by atoms with Crippen molar-refractivity contribution in [3.05, 3.63) is 24.0 Å². The predicted octanol–water partition coefficient (Wildman–Crippen LogP) is 2.55. The van der Waals surface area contributed by atoms with Crippen LogP contribution in [-0.4, -0.2) is 35.7 Å². The van der Waals surface area contributed by atoms with Crippen LogP contribution in [0.2, 0.25) is 0 Å². The third-order valence-electron chi connectivity index (χ3n) is 3.90. The summed E-state index contributed by atoms with van der Waals surface area (Å²) in [6.45, 7) is 12.3. The molecule has 0 aromatic carbocycles. The summed E-state index contributed by atoms with van der Waals surface area (Å²) < 4.78 is 16.4.